The van der Waals surface area contributed by atoms with Crippen molar-refractivity contribution in [2.75, 3.05) is 11.9 Å². The molecule has 0 fully saturated rings. The van der Waals surface area contributed by atoms with Gasteiger partial charge in [-0.2, -0.15) is 0 Å². The fourth-order valence-electron chi connectivity index (χ4n) is 2.12. The maximum absolute atomic E-state index is 5.55. The number of rotatable bonds is 5. The van der Waals surface area contributed by atoms with Crippen molar-refractivity contribution >= 4 is 5.82 Å². The Balaban J connectivity index is 1.59. The number of aryl methyl sites for hydroxylation is 2. The van der Waals surface area contributed by atoms with Crippen molar-refractivity contribution in [1.29, 1.82) is 0 Å². The third-order valence-electron chi connectivity index (χ3n) is 3.29. The van der Waals surface area contributed by atoms with Crippen molar-refractivity contribution < 1.29 is 4.42 Å². The molecular weight excluding hydrogens is 276 g/mol. The highest BCUT2D eigenvalue weighted by Gasteiger charge is 2.06. The number of aromatic nitrogens is 3. The first-order chi connectivity index (χ1) is 10.7. The fourth-order valence-corrected chi connectivity index (χ4v) is 2.12. The summed E-state index contributed by atoms with van der Waals surface area (Å²) < 4.78 is 5.55. The van der Waals surface area contributed by atoms with Gasteiger partial charge in [0.25, 0.3) is 0 Å². The monoisotopic (exact) mass is 294 g/mol. The van der Waals surface area contributed by atoms with Crippen LogP contribution < -0.4 is 5.32 Å². The summed E-state index contributed by atoms with van der Waals surface area (Å²) >= 11 is 0. The summed E-state index contributed by atoms with van der Waals surface area (Å²) in [5.41, 5.74) is 4.03. The molecule has 2 heterocycles. The number of nitrogens with one attached hydrogen (secondary N) is 1. The summed E-state index contributed by atoms with van der Waals surface area (Å²) in [5, 5.41) is 3.24. The molecule has 5 nitrogen and oxygen atoms in total. The molecule has 0 aliphatic heterocycles. The number of anilines is 1. The van der Waals surface area contributed by atoms with Crippen LogP contribution in [0.1, 0.15) is 17.0 Å². The Hall–Kier alpha value is -2.69. The van der Waals surface area contributed by atoms with Gasteiger partial charge in [0.15, 0.2) is 0 Å². The van der Waals surface area contributed by atoms with Crippen LogP contribution in [0.2, 0.25) is 0 Å². The summed E-state index contributed by atoms with van der Waals surface area (Å²) in [6.45, 7) is 4.71. The predicted molar refractivity (Wildman–Crippen MR) is 85.6 cm³/mol. The van der Waals surface area contributed by atoms with Gasteiger partial charge in [0, 0.05) is 24.7 Å². The second kappa shape index (κ2) is 6.39. The topological polar surface area (TPSA) is 63.8 Å². The Bertz CT molecular complexity index is 749. The standard InChI is InChI=1S/C17H18N4O/c1-12-3-5-14(6-4-12)17-21-15(11-22-17)7-8-19-16-10-18-9-13(2)20-16/h3-6,9-11H,7-8H2,1-2H3,(H,19,20). The average Bonchev–Trinajstić information content (AvgIpc) is 2.97. The molecule has 3 rings (SSSR count). The molecule has 0 saturated carbocycles. The van der Waals surface area contributed by atoms with E-state index in [4.69, 9.17) is 4.42 Å². The molecule has 0 unspecified atom stereocenters. The van der Waals surface area contributed by atoms with Crippen molar-refractivity contribution in [3.8, 4) is 11.5 Å². The molecule has 0 saturated heterocycles. The Morgan fingerprint density at radius 3 is 2.64 bits per heavy atom. The minimum Gasteiger partial charge on any atom is -0.444 e. The molecule has 3 aromatic rings. The summed E-state index contributed by atoms with van der Waals surface area (Å²) in [6.07, 6.45) is 5.92. The lowest BCUT2D eigenvalue weighted by Crippen LogP contribution is -2.07. The van der Waals surface area contributed by atoms with Crippen molar-refractivity contribution in [2.24, 2.45) is 0 Å². The van der Waals surface area contributed by atoms with Gasteiger partial charge in [-0.25, -0.2) is 9.97 Å². The molecule has 0 bridgehead atoms. The minimum atomic E-state index is 0.658. The van der Waals surface area contributed by atoms with E-state index in [1.54, 1.807) is 18.7 Å². The van der Waals surface area contributed by atoms with Crippen molar-refractivity contribution in [1.82, 2.24) is 15.0 Å². The summed E-state index contributed by atoms with van der Waals surface area (Å²) in [7, 11) is 0. The lowest BCUT2D eigenvalue weighted by atomic mass is 10.1. The van der Waals surface area contributed by atoms with Crippen LogP contribution in [-0.4, -0.2) is 21.5 Å². The van der Waals surface area contributed by atoms with Crippen molar-refractivity contribution in [3.05, 3.63) is 59.9 Å². The molecular formula is C17H18N4O. The molecule has 5 heteroatoms. The molecule has 0 aliphatic carbocycles. The molecule has 2 aromatic heterocycles. The van der Waals surface area contributed by atoms with Gasteiger partial charge in [0.05, 0.1) is 17.6 Å². The van der Waals surface area contributed by atoms with Crippen LogP contribution in [0, 0.1) is 13.8 Å². The van der Waals surface area contributed by atoms with Gasteiger partial charge in [-0.15, -0.1) is 0 Å². The summed E-state index contributed by atoms with van der Waals surface area (Å²) in [4.78, 5) is 13.0. The fraction of sp³-hybridized carbons (Fsp3) is 0.235. The Labute approximate surface area is 129 Å². The van der Waals surface area contributed by atoms with Crippen LogP contribution in [0.15, 0.2) is 47.3 Å². The largest absolute Gasteiger partial charge is 0.444 e. The van der Waals surface area contributed by atoms with E-state index in [2.05, 4.69) is 39.3 Å². The summed E-state index contributed by atoms with van der Waals surface area (Å²) in [6, 6.07) is 8.14. The van der Waals surface area contributed by atoms with E-state index in [1.807, 2.05) is 19.1 Å². The van der Waals surface area contributed by atoms with Crippen molar-refractivity contribution in [3.63, 3.8) is 0 Å². The van der Waals surface area contributed by atoms with Gasteiger partial charge in [-0.1, -0.05) is 17.7 Å². The van der Waals surface area contributed by atoms with E-state index in [0.29, 0.717) is 5.89 Å². The van der Waals surface area contributed by atoms with E-state index in [0.717, 1.165) is 35.7 Å². The van der Waals surface area contributed by atoms with Gasteiger partial charge in [0.1, 0.15) is 12.1 Å². The van der Waals surface area contributed by atoms with Crippen molar-refractivity contribution in [2.45, 2.75) is 20.3 Å². The van der Waals surface area contributed by atoms with Crippen LogP contribution >= 0.6 is 0 Å². The van der Waals surface area contributed by atoms with Crippen LogP contribution in [0.5, 0.6) is 0 Å². The molecule has 0 atom stereocenters. The average molecular weight is 294 g/mol. The zero-order valence-electron chi connectivity index (χ0n) is 12.7. The van der Waals surface area contributed by atoms with E-state index < -0.39 is 0 Å². The quantitative estimate of drug-likeness (QED) is 0.781. The number of hydrogen-bond acceptors (Lipinski definition) is 5. The SMILES string of the molecule is Cc1ccc(-c2nc(CCNc3cncc(C)n3)co2)cc1. The first-order valence-electron chi connectivity index (χ1n) is 7.25. The number of benzene rings is 1. The van der Waals surface area contributed by atoms with E-state index in [-0.39, 0.29) is 0 Å². The Morgan fingerprint density at radius 1 is 1.05 bits per heavy atom. The van der Waals surface area contributed by atoms with Gasteiger partial charge in [-0.3, -0.25) is 4.98 Å². The highest BCUT2D eigenvalue weighted by molar-refractivity contribution is 5.53. The number of hydrogen-bond donors (Lipinski definition) is 1. The molecule has 1 aromatic carbocycles. The first-order valence-corrected chi connectivity index (χ1v) is 7.25. The van der Waals surface area contributed by atoms with Gasteiger partial charge in [0.2, 0.25) is 5.89 Å². The third kappa shape index (κ3) is 3.49. The zero-order valence-corrected chi connectivity index (χ0v) is 12.7. The van der Waals surface area contributed by atoms with Gasteiger partial charge in [-0.05, 0) is 26.0 Å². The number of oxazole rings is 1. The zero-order chi connectivity index (χ0) is 15.4. The highest BCUT2D eigenvalue weighted by Crippen LogP contribution is 2.19. The van der Waals surface area contributed by atoms with Crippen LogP contribution in [0.3, 0.4) is 0 Å². The maximum Gasteiger partial charge on any atom is 0.226 e. The molecule has 0 aliphatic rings. The second-order valence-electron chi connectivity index (χ2n) is 5.23. The smallest absolute Gasteiger partial charge is 0.226 e. The van der Waals surface area contributed by atoms with Gasteiger partial charge >= 0.3 is 0 Å². The van der Waals surface area contributed by atoms with E-state index >= 15 is 0 Å². The molecule has 112 valence electrons. The highest BCUT2D eigenvalue weighted by atomic mass is 16.3. The molecule has 22 heavy (non-hydrogen) atoms. The Morgan fingerprint density at radius 2 is 1.86 bits per heavy atom. The lowest BCUT2D eigenvalue weighted by molar-refractivity contribution is 0.572. The van der Waals surface area contributed by atoms with E-state index in [1.165, 1.54) is 5.56 Å². The van der Waals surface area contributed by atoms with Crippen LogP contribution in [0.4, 0.5) is 5.82 Å². The minimum absolute atomic E-state index is 0.658. The second-order valence-corrected chi connectivity index (χ2v) is 5.23. The Kier molecular flexibility index (Phi) is 4.14. The first kappa shape index (κ1) is 14.3. The summed E-state index contributed by atoms with van der Waals surface area (Å²) in [5.74, 6) is 1.44. The predicted octanol–water partition coefficient (Wildman–Crippen LogP) is 3.40. The molecule has 0 radical (unpaired) electrons. The van der Waals surface area contributed by atoms with Crippen LogP contribution in [-0.2, 0) is 6.42 Å². The number of nitrogens with zero attached hydrogens (tertiary/aromatic N) is 3. The lowest BCUT2D eigenvalue weighted by Gasteiger charge is -2.03. The molecule has 0 spiro atoms. The molecule has 1 N–H and O–H groups in total. The molecule has 0 amide bonds. The van der Waals surface area contributed by atoms with E-state index in [9.17, 15) is 0 Å². The van der Waals surface area contributed by atoms with Gasteiger partial charge < -0.3 is 9.73 Å². The maximum atomic E-state index is 5.55. The third-order valence-corrected chi connectivity index (χ3v) is 3.29. The normalized spacial score (nSPS) is 10.6. The van der Waals surface area contributed by atoms with Crippen LogP contribution in [0.25, 0.3) is 11.5 Å².